The number of anilines is 1. The number of phenols is 1. The molecule has 1 fully saturated rings. The average molecular weight is 542 g/mol. The third kappa shape index (κ3) is 4.06. The standard InChI is InChI=1S/C26H22Cl2FN5O3/c1-12(15-4-3-7-30-23(15)28)34-8-9-37-25-19-22(32-26(36-2)33-24(19)34)20(29)21(31-25)16-10-14(35)11-17(27)18(16)13-5-6-13/h3-4,7,10-13,35H,5-6,8-9H2,1-2H3. The highest BCUT2D eigenvalue weighted by Gasteiger charge is 2.34. The molecule has 4 aromatic rings. The zero-order valence-corrected chi connectivity index (χ0v) is 21.5. The van der Waals surface area contributed by atoms with Crippen LogP contribution >= 0.6 is 23.2 Å². The summed E-state index contributed by atoms with van der Waals surface area (Å²) >= 11 is 12.9. The molecule has 0 amide bonds. The second kappa shape index (κ2) is 9.15. The van der Waals surface area contributed by atoms with Crippen LogP contribution < -0.4 is 14.4 Å². The van der Waals surface area contributed by atoms with E-state index >= 15 is 4.39 Å². The lowest BCUT2D eigenvalue weighted by atomic mass is 9.98. The van der Waals surface area contributed by atoms with E-state index in [1.807, 2.05) is 24.0 Å². The monoisotopic (exact) mass is 541 g/mol. The molecule has 6 rings (SSSR count). The first-order valence-electron chi connectivity index (χ1n) is 11.8. The van der Waals surface area contributed by atoms with Gasteiger partial charge in [0, 0.05) is 22.3 Å². The Labute approximate surface area is 222 Å². The summed E-state index contributed by atoms with van der Waals surface area (Å²) in [5.41, 5.74) is 1.97. The predicted molar refractivity (Wildman–Crippen MR) is 138 cm³/mol. The molecule has 1 aliphatic heterocycles. The minimum atomic E-state index is -0.679. The minimum absolute atomic E-state index is 0.000513. The predicted octanol–water partition coefficient (Wildman–Crippen LogP) is 6.08. The molecule has 0 radical (unpaired) electrons. The van der Waals surface area contributed by atoms with E-state index in [4.69, 9.17) is 32.7 Å². The van der Waals surface area contributed by atoms with Crippen molar-refractivity contribution in [1.82, 2.24) is 19.9 Å². The molecule has 1 unspecified atom stereocenters. The fraction of sp³-hybridized carbons (Fsp3) is 0.308. The molecule has 190 valence electrons. The molecule has 3 aromatic heterocycles. The Bertz CT molecular complexity index is 1550. The lowest BCUT2D eigenvalue weighted by Crippen LogP contribution is -2.31. The van der Waals surface area contributed by atoms with Crippen LogP contribution in [0, 0.1) is 5.82 Å². The van der Waals surface area contributed by atoms with Crippen LogP contribution in [0.4, 0.5) is 10.2 Å². The van der Waals surface area contributed by atoms with Crippen LogP contribution in [-0.2, 0) is 0 Å². The molecule has 4 heterocycles. The molecule has 11 heteroatoms. The van der Waals surface area contributed by atoms with Gasteiger partial charge in [-0.15, -0.1) is 0 Å². The number of hydrogen-bond donors (Lipinski definition) is 1. The maximum atomic E-state index is 16.3. The third-order valence-corrected chi connectivity index (χ3v) is 7.43. The maximum absolute atomic E-state index is 16.3. The summed E-state index contributed by atoms with van der Waals surface area (Å²) in [7, 11) is 1.42. The van der Waals surface area contributed by atoms with Crippen LogP contribution in [0.25, 0.3) is 22.2 Å². The number of rotatable bonds is 5. The first-order valence-corrected chi connectivity index (χ1v) is 12.6. The molecule has 37 heavy (non-hydrogen) atoms. The molecular formula is C26H22Cl2FN5O3. The first kappa shape index (κ1) is 23.9. The highest BCUT2D eigenvalue weighted by Crippen LogP contribution is 2.50. The summed E-state index contributed by atoms with van der Waals surface area (Å²) in [5, 5.41) is 11.4. The van der Waals surface area contributed by atoms with Gasteiger partial charge in [0.05, 0.1) is 19.7 Å². The average Bonchev–Trinajstić information content (AvgIpc) is 3.73. The SMILES string of the molecule is COc1nc2c3c(nc(-c4cc(O)cc(Cl)c4C4CC4)c(F)c3n1)OCCN2C(C)c1cccnc1Cl. The minimum Gasteiger partial charge on any atom is -0.508 e. The number of ether oxygens (including phenoxy) is 2. The van der Waals surface area contributed by atoms with Crippen LogP contribution in [0.15, 0.2) is 30.5 Å². The van der Waals surface area contributed by atoms with Gasteiger partial charge in [-0.3, -0.25) is 0 Å². The number of phenolic OH excluding ortho intramolecular Hbond substituents is 1. The van der Waals surface area contributed by atoms with Crippen molar-refractivity contribution in [1.29, 1.82) is 0 Å². The Morgan fingerprint density at radius 2 is 2.03 bits per heavy atom. The van der Waals surface area contributed by atoms with E-state index in [1.54, 1.807) is 6.20 Å². The maximum Gasteiger partial charge on any atom is 0.318 e. The van der Waals surface area contributed by atoms with Crippen molar-refractivity contribution >= 4 is 39.9 Å². The van der Waals surface area contributed by atoms with Crippen molar-refractivity contribution in [3.8, 4) is 28.9 Å². The molecule has 2 aliphatic rings. The van der Waals surface area contributed by atoms with Crippen molar-refractivity contribution in [2.75, 3.05) is 25.2 Å². The zero-order valence-electron chi connectivity index (χ0n) is 20.0. The fourth-order valence-electron chi connectivity index (χ4n) is 4.87. The van der Waals surface area contributed by atoms with Crippen LogP contribution in [0.3, 0.4) is 0 Å². The highest BCUT2D eigenvalue weighted by atomic mass is 35.5. The van der Waals surface area contributed by atoms with E-state index in [0.29, 0.717) is 33.5 Å². The summed E-state index contributed by atoms with van der Waals surface area (Å²) < 4.78 is 27.7. The van der Waals surface area contributed by atoms with Crippen molar-refractivity contribution in [3.05, 3.63) is 57.6 Å². The van der Waals surface area contributed by atoms with Crippen molar-refractivity contribution in [2.24, 2.45) is 0 Å². The fourth-order valence-corrected chi connectivity index (χ4v) is 5.52. The van der Waals surface area contributed by atoms with Crippen LogP contribution in [-0.4, -0.2) is 45.3 Å². The molecule has 1 saturated carbocycles. The van der Waals surface area contributed by atoms with Crippen LogP contribution in [0.1, 0.15) is 42.9 Å². The van der Waals surface area contributed by atoms with E-state index in [-0.39, 0.29) is 47.4 Å². The number of hydrogen-bond acceptors (Lipinski definition) is 8. The van der Waals surface area contributed by atoms with Crippen LogP contribution in [0.2, 0.25) is 10.2 Å². The summed E-state index contributed by atoms with van der Waals surface area (Å²) in [6.45, 7) is 2.63. The van der Waals surface area contributed by atoms with Gasteiger partial charge in [0.2, 0.25) is 5.88 Å². The van der Waals surface area contributed by atoms with Crippen molar-refractivity contribution in [2.45, 2.75) is 31.7 Å². The number of aromatic hydroxyl groups is 1. The van der Waals surface area contributed by atoms with Gasteiger partial charge in [0.25, 0.3) is 0 Å². The quantitative estimate of drug-likeness (QED) is 0.303. The van der Waals surface area contributed by atoms with E-state index in [0.717, 1.165) is 24.0 Å². The molecule has 1 aromatic carbocycles. The number of methoxy groups -OCH3 is 1. The molecule has 1 aliphatic carbocycles. The summed E-state index contributed by atoms with van der Waals surface area (Å²) in [5.74, 6) is 0.0259. The Morgan fingerprint density at radius 1 is 1.22 bits per heavy atom. The van der Waals surface area contributed by atoms with Crippen molar-refractivity contribution < 1.29 is 19.0 Å². The summed E-state index contributed by atoms with van der Waals surface area (Å²) in [6, 6.07) is 6.37. The van der Waals surface area contributed by atoms with E-state index in [9.17, 15) is 5.11 Å². The smallest absolute Gasteiger partial charge is 0.318 e. The third-order valence-electron chi connectivity index (χ3n) is 6.80. The molecule has 0 spiro atoms. The summed E-state index contributed by atoms with van der Waals surface area (Å²) in [4.78, 5) is 19.7. The van der Waals surface area contributed by atoms with Gasteiger partial charge in [-0.1, -0.05) is 29.3 Å². The number of pyridine rings is 2. The lowest BCUT2D eigenvalue weighted by molar-refractivity contribution is 0.316. The van der Waals surface area contributed by atoms with Gasteiger partial charge in [0.15, 0.2) is 5.82 Å². The van der Waals surface area contributed by atoms with Gasteiger partial charge in [-0.25, -0.2) is 14.4 Å². The van der Waals surface area contributed by atoms with E-state index in [1.165, 1.54) is 19.2 Å². The van der Waals surface area contributed by atoms with Gasteiger partial charge in [-0.05, 0) is 49.4 Å². The Hall–Kier alpha value is -3.43. The van der Waals surface area contributed by atoms with Gasteiger partial charge in [-0.2, -0.15) is 9.97 Å². The second-order valence-electron chi connectivity index (χ2n) is 9.10. The van der Waals surface area contributed by atoms with Gasteiger partial charge < -0.3 is 19.5 Å². The van der Waals surface area contributed by atoms with Crippen molar-refractivity contribution in [3.63, 3.8) is 0 Å². The first-order chi connectivity index (χ1) is 17.9. The van der Waals surface area contributed by atoms with Crippen LogP contribution in [0.5, 0.6) is 17.6 Å². The summed E-state index contributed by atoms with van der Waals surface area (Å²) in [6.07, 6.45) is 3.48. The zero-order chi connectivity index (χ0) is 25.8. The molecular weight excluding hydrogens is 520 g/mol. The molecule has 8 nitrogen and oxygen atoms in total. The van der Waals surface area contributed by atoms with Gasteiger partial charge >= 0.3 is 6.01 Å². The lowest BCUT2D eigenvalue weighted by Gasteiger charge is -2.30. The number of halogens is 3. The van der Waals surface area contributed by atoms with Gasteiger partial charge in [0.1, 0.15) is 39.9 Å². The van der Waals surface area contributed by atoms with E-state index < -0.39 is 5.82 Å². The Morgan fingerprint density at radius 3 is 2.76 bits per heavy atom. The van der Waals surface area contributed by atoms with E-state index in [2.05, 4.69) is 19.9 Å². The topological polar surface area (TPSA) is 93.5 Å². The second-order valence-corrected chi connectivity index (χ2v) is 9.87. The number of aromatic nitrogens is 4. The number of benzene rings is 1. The highest BCUT2D eigenvalue weighted by molar-refractivity contribution is 6.32. The molecule has 0 saturated heterocycles. The largest absolute Gasteiger partial charge is 0.508 e. The molecule has 0 bridgehead atoms. The Kier molecular flexibility index (Phi) is 5.92. The Balaban J connectivity index is 1.60. The molecule has 1 atom stereocenters. The number of nitrogens with zero attached hydrogens (tertiary/aromatic N) is 5. The molecule has 1 N–H and O–H groups in total. The normalized spacial score (nSPS) is 15.9.